The van der Waals surface area contributed by atoms with Gasteiger partial charge in [-0.1, -0.05) is 15.9 Å². The molecule has 0 bridgehead atoms. The van der Waals surface area contributed by atoms with E-state index in [2.05, 4.69) is 35.4 Å². The van der Waals surface area contributed by atoms with Crippen molar-refractivity contribution in [3.63, 3.8) is 0 Å². The molecule has 0 aliphatic rings. The van der Waals surface area contributed by atoms with E-state index in [9.17, 15) is 19.2 Å². The average Bonchev–Trinajstić information content (AvgIpc) is 2.72. The van der Waals surface area contributed by atoms with Crippen molar-refractivity contribution in [2.75, 3.05) is 19.5 Å². The summed E-state index contributed by atoms with van der Waals surface area (Å²) >= 11 is 3.03. The zero-order valence-electron chi connectivity index (χ0n) is 14.9. The Hall–Kier alpha value is -2.94. The fourth-order valence-corrected chi connectivity index (χ4v) is 1.99. The van der Waals surface area contributed by atoms with E-state index >= 15 is 0 Å². The molecule has 0 saturated carbocycles. The molecule has 0 amide bonds. The van der Waals surface area contributed by atoms with E-state index in [-0.39, 0.29) is 16.9 Å². The fourth-order valence-electron chi connectivity index (χ4n) is 1.71. The summed E-state index contributed by atoms with van der Waals surface area (Å²) in [7, 11) is 2.58. The van der Waals surface area contributed by atoms with Crippen molar-refractivity contribution in [3.05, 3.63) is 59.2 Å². The number of rotatable bonds is 5. The quantitative estimate of drug-likeness (QED) is 0.399. The molecular formula is C18H17BrN2O6. The molecule has 0 N–H and O–H groups in total. The zero-order valence-corrected chi connectivity index (χ0v) is 16.5. The van der Waals surface area contributed by atoms with Gasteiger partial charge in [-0.15, -0.1) is 0 Å². The second-order valence-electron chi connectivity index (χ2n) is 4.96. The predicted octanol–water partition coefficient (Wildman–Crippen LogP) is 2.52. The first-order valence-corrected chi connectivity index (χ1v) is 8.65. The molecule has 2 heterocycles. The number of ketones is 2. The second-order valence-corrected chi connectivity index (χ2v) is 5.52. The normalized spacial score (nSPS) is 9.48. The number of carbonyl (C=O) groups excluding carboxylic acids is 4. The summed E-state index contributed by atoms with van der Waals surface area (Å²) in [5.41, 5.74) is 1.34. The highest BCUT2D eigenvalue weighted by Gasteiger charge is 2.09. The number of hydrogen-bond acceptors (Lipinski definition) is 8. The second kappa shape index (κ2) is 10.9. The van der Waals surface area contributed by atoms with Crippen molar-refractivity contribution >= 4 is 39.4 Å². The van der Waals surface area contributed by atoms with Crippen LogP contribution in [-0.4, -0.2) is 53.0 Å². The Balaban J connectivity index is 0.000000271. The highest BCUT2D eigenvalue weighted by molar-refractivity contribution is 9.09. The maximum absolute atomic E-state index is 11.1. The SMILES string of the molecule is COC(=O)c1ccc(C(=O)CBr)nc1.COC(=O)c1ccc(C(C)=O)nc1. The summed E-state index contributed by atoms with van der Waals surface area (Å²) in [4.78, 5) is 51.5. The van der Waals surface area contributed by atoms with Crippen LogP contribution in [0.5, 0.6) is 0 Å². The molecule has 142 valence electrons. The molecule has 9 heteroatoms. The van der Waals surface area contributed by atoms with Gasteiger partial charge < -0.3 is 9.47 Å². The van der Waals surface area contributed by atoms with E-state index in [1.165, 1.54) is 57.8 Å². The van der Waals surface area contributed by atoms with Gasteiger partial charge in [0, 0.05) is 19.3 Å². The Labute approximate surface area is 164 Å². The minimum atomic E-state index is -0.463. The van der Waals surface area contributed by atoms with Crippen LogP contribution in [0.4, 0.5) is 0 Å². The number of methoxy groups -OCH3 is 2. The fraction of sp³-hybridized carbons (Fsp3) is 0.222. The Kier molecular flexibility index (Phi) is 8.94. The number of Topliss-reactive ketones (excluding diaryl/α,β-unsaturated/α-hetero) is 2. The molecule has 2 aromatic rings. The molecule has 0 saturated heterocycles. The smallest absolute Gasteiger partial charge is 0.339 e. The van der Waals surface area contributed by atoms with E-state index < -0.39 is 11.9 Å². The Morgan fingerprint density at radius 2 is 1.30 bits per heavy atom. The third-order valence-electron chi connectivity index (χ3n) is 3.14. The van der Waals surface area contributed by atoms with Gasteiger partial charge in [0.15, 0.2) is 11.6 Å². The molecule has 0 atom stereocenters. The van der Waals surface area contributed by atoms with Crippen molar-refractivity contribution in [3.8, 4) is 0 Å². The standard InChI is InChI=1S/C9H8BrNO3.C9H9NO3/c1-14-9(13)6-2-3-7(11-5-6)8(12)4-10;1-6(11)8-4-3-7(5-10-8)9(12)13-2/h2-3,5H,4H2,1H3;3-5H,1-2H3. The largest absolute Gasteiger partial charge is 0.465 e. The molecule has 2 aromatic heterocycles. The van der Waals surface area contributed by atoms with Crippen LogP contribution in [0, 0.1) is 0 Å². The van der Waals surface area contributed by atoms with Crippen molar-refractivity contribution < 1.29 is 28.7 Å². The third-order valence-corrected chi connectivity index (χ3v) is 3.65. The van der Waals surface area contributed by atoms with Crippen LogP contribution < -0.4 is 0 Å². The number of nitrogens with zero attached hydrogens (tertiary/aromatic N) is 2. The lowest BCUT2D eigenvalue weighted by atomic mass is 10.2. The molecule has 27 heavy (non-hydrogen) atoms. The summed E-state index contributed by atoms with van der Waals surface area (Å²) in [6.07, 6.45) is 2.64. The molecule has 2 rings (SSSR count). The van der Waals surface area contributed by atoms with Gasteiger partial charge in [-0.3, -0.25) is 19.6 Å². The number of halogens is 1. The molecule has 0 radical (unpaired) electrons. The first-order chi connectivity index (χ1) is 12.8. The lowest BCUT2D eigenvalue weighted by Crippen LogP contribution is -2.06. The van der Waals surface area contributed by atoms with E-state index in [1.807, 2.05) is 0 Å². The number of aromatic nitrogens is 2. The summed E-state index contributed by atoms with van der Waals surface area (Å²) in [5, 5.41) is 0.220. The number of ether oxygens (including phenoxy) is 2. The minimum Gasteiger partial charge on any atom is -0.465 e. The average molecular weight is 437 g/mol. The number of carbonyl (C=O) groups is 4. The predicted molar refractivity (Wildman–Crippen MR) is 99.3 cm³/mol. The van der Waals surface area contributed by atoms with Crippen LogP contribution >= 0.6 is 15.9 Å². The number of hydrogen-bond donors (Lipinski definition) is 0. The first-order valence-electron chi connectivity index (χ1n) is 7.52. The molecule has 0 unspecified atom stereocenters. The van der Waals surface area contributed by atoms with E-state index in [1.54, 1.807) is 0 Å². The monoisotopic (exact) mass is 436 g/mol. The highest BCUT2D eigenvalue weighted by Crippen LogP contribution is 2.04. The Morgan fingerprint density at radius 3 is 1.59 bits per heavy atom. The summed E-state index contributed by atoms with van der Waals surface area (Å²) in [5.74, 6) is -1.17. The molecule has 0 spiro atoms. The Morgan fingerprint density at radius 1 is 0.852 bits per heavy atom. The maximum Gasteiger partial charge on any atom is 0.339 e. The summed E-state index contributed by atoms with van der Waals surface area (Å²) in [6, 6.07) is 6.01. The topological polar surface area (TPSA) is 113 Å². The van der Waals surface area contributed by atoms with Gasteiger partial charge in [0.1, 0.15) is 11.4 Å². The van der Waals surface area contributed by atoms with Gasteiger partial charge in [-0.05, 0) is 24.3 Å². The van der Waals surface area contributed by atoms with E-state index in [4.69, 9.17) is 0 Å². The van der Waals surface area contributed by atoms with Crippen molar-refractivity contribution in [2.45, 2.75) is 6.92 Å². The zero-order chi connectivity index (χ0) is 20.4. The highest BCUT2D eigenvalue weighted by atomic mass is 79.9. The van der Waals surface area contributed by atoms with E-state index in [0.717, 1.165) is 0 Å². The van der Waals surface area contributed by atoms with Crippen LogP contribution in [0.3, 0.4) is 0 Å². The van der Waals surface area contributed by atoms with Crippen LogP contribution in [0.1, 0.15) is 48.6 Å². The molecule has 0 fully saturated rings. The number of alkyl halides is 1. The van der Waals surface area contributed by atoms with Crippen LogP contribution in [0.25, 0.3) is 0 Å². The van der Waals surface area contributed by atoms with Gasteiger partial charge in [0.2, 0.25) is 0 Å². The molecule has 0 aliphatic heterocycles. The molecule has 8 nitrogen and oxygen atoms in total. The summed E-state index contributed by atoms with van der Waals surface area (Å²) < 4.78 is 8.96. The lowest BCUT2D eigenvalue weighted by Gasteiger charge is -1.99. The van der Waals surface area contributed by atoms with Gasteiger partial charge in [-0.25, -0.2) is 9.59 Å². The van der Waals surface area contributed by atoms with Crippen molar-refractivity contribution in [1.29, 1.82) is 0 Å². The minimum absolute atomic E-state index is 0.124. The summed E-state index contributed by atoms with van der Waals surface area (Å²) in [6.45, 7) is 1.42. The Bertz CT molecular complexity index is 784. The number of pyridine rings is 2. The van der Waals surface area contributed by atoms with Crippen LogP contribution in [0.15, 0.2) is 36.7 Å². The van der Waals surface area contributed by atoms with Gasteiger partial charge in [0.25, 0.3) is 0 Å². The van der Waals surface area contributed by atoms with Crippen LogP contribution in [0.2, 0.25) is 0 Å². The van der Waals surface area contributed by atoms with Crippen molar-refractivity contribution in [1.82, 2.24) is 9.97 Å². The van der Waals surface area contributed by atoms with Gasteiger partial charge in [0.05, 0.1) is 30.7 Å². The van der Waals surface area contributed by atoms with Crippen molar-refractivity contribution in [2.24, 2.45) is 0 Å². The molecule has 0 aliphatic carbocycles. The number of esters is 2. The first kappa shape index (κ1) is 22.1. The van der Waals surface area contributed by atoms with E-state index in [0.29, 0.717) is 22.5 Å². The van der Waals surface area contributed by atoms with Gasteiger partial charge in [-0.2, -0.15) is 0 Å². The van der Waals surface area contributed by atoms with Crippen LogP contribution in [-0.2, 0) is 9.47 Å². The lowest BCUT2D eigenvalue weighted by molar-refractivity contribution is 0.0591. The maximum atomic E-state index is 11.1. The van der Waals surface area contributed by atoms with Gasteiger partial charge >= 0.3 is 11.9 Å². The molecular weight excluding hydrogens is 420 g/mol. The third kappa shape index (κ3) is 6.70. The molecule has 0 aromatic carbocycles.